The zero-order chi connectivity index (χ0) is 10.7. The van der Waals surface area contributed by atoms with Crippen molar-refractivity contribution in [1.29, 1.82) is 0 Å². The molecule has 3 nitrogen and oxygen atoms in total. The second kappa shape index (κ2) is 4.73. The molecule has 1 fully saturated rings. The molecule has 15 heavy (non-hydrogen) atoms. The Labute approximate surface area is 90.8 Å². The van der Waals surface area contributed by atoms with Gasteiger partial charge in [0.2, 0.25) is 0 Å². The normalized spacial score (nSPS) is 24.3. The van der Waals surface area contributed by atoms with Crippen molar-refractivity contribution in [2.24, 2.45) is 5.92 Å². The van der Waals surface area contributed by atoms with E-state index in [9.17, 15) is 0 Å². The number of rotatable bonds is 3. The summed E-state index contributed by atoms with van der Waals surface area (Å²) >= 11 is 0. The maximum Gasteiger partial charge on any atom is 0.0471 e. The Bertz CT molecular complexity index is 302. The predicted molar refractivity (Wildman–Crippen MR) is 59.4 cm³/mol. The topological polar surface area (TPSA) is 36.4 Å². The zero-order valence-electron chi connectivity index (χ0n) is 9.13. The summed E-state index contributed by atoms with van der Waals surface area (Å²) in [7, 11) is 0. The van der Waals surface area contributed by atoms with Gasteiger partial charge in [-0.1, -0.05) is 6.07 Å². The van der Waals surface area contributed by atoms with Gasteiger partial charge in [0.05, 0.1) is 0 Å². The van der Waals surface area contributed by atoms with Gasteiger partial charge in [-0.15, -0.1) is 0 Å². The van der Waals surface area contributed by atoms with Crippen LogP contribution in [0.1, 0.15) is 24.9 Å². The highest BCUT2D eigenvalue weighted by Gasteiger charge is 2.25. The van der Waals surface area contributed by atoms with Crippen LogP contribution in [0.5, 0.6) is 0 Å². The first-order valence-electron chi connectivity index (χ1n) is 5.56. The van der Waals surface area contributed by atoms with E-state index >= 15 is 0 Å². The number of nitrogens with zero attached hydrogens (tertiary/aromatic N) is 2. The molecule has 0 aliphatic carbocycles. The fraction of sp³-hybridized carbons (Fsp3) is 0.583. The fourth-order valence-corrected chi connectivity index (χ4v) is 2.20. The van der Waals surface area contributed by atoms with Gasteiger partial charge in [-0.25, -0.2) is 0 Å². The van der Waals surface area contributed by atoms with Crippen molar-refractivity contribution < 1.29 is 5.11 Å². The van der Waals surface area contributed by atoms with Crippen LogP contribution in [0.4, 0.5) is 0 Å². The smallest absolute Gasteiger partial charge is 0.0471 e. The van der Waals surface area contributed by atoms with Gasteiger partial charge in [0.25, 0.3) is 0 Å². The van der Waals surface area contributed by atoms with Gasteiger partial charge in [-0.3, -0.25) is 9.88 Å². The molecule has 2 rings (SSSR count). The van der Waals surface area contributed by atoms with Crippen molar-refractivity contribution in [3.05, 3.63) is 30.1 Å². The summed E-state index contributed by atoms with van der Waals surface area (Å²) in [6, 6.07) is 4.50. The van der Waals surface area contributed by atoms with E-state index in [2.05, 4.69) is 22.9 Å². The van der Waals surface area contributed by atoms with E-state index < -0.39 is 0 Å². The molecule has 2 unspecified atom stereocenters. The fourth-order valence-electron chi connectivity index (χ4n) is 2.20. The number of aliphatic hydroxyl groups is 1. The van der Waals surface area contributed by atoms with Crippen LogP contribution in [0.2, 0.25) is 0 Å². The Morgan fingerprint density at radius 1 is 1.67 bits per heavy atom. The minimum atomic E-state index is 0.316. The number of aliphatic hydroxyl groups excluding tert-OH is 1. The summed E-state index contributed by atoms with van der Waals surface area (Å²) in [6.07, 6.45) is 4.84. The largest absolute Gasteiger partial charge is 0.396 e. The highest BCUT2D eigenvalue weighted by Crippen LogP contribution is 2.26. The van der Waals surface area contributed by atoms with Gasteiger partial charge < -0.3 is 5.11 Å². The van der Waals surface area contributed by atoms with Crippen LogP contribution in [-0.4, -0.2) is 34.7 Å². The van der Waals surface area contributed by atoms with Gasteiger partial charge in [0.1, 0.15) is 0 Å². The third-order valence-corrected chi connectivity index (χ3v) is 3.29. The van der Waals surface area contributed by atoms with Crippen LogP contribution in [0.25, 0.3) is 0 Å². The molecule has 3 heteroatoms. The summed E-state index contributed by atoms with van der Waals surface area (Å²) in [5.41, 5.74) is 1.26. The second-order valence-corrected chi connectivity index (χ2v) is 4.29. The highest BCUT2D eigenvalue weighted by molar-refractivity contribution is 5.13. The van der Waals surface area contributed by atoms with E-state index in [1.54, 1.807) is 6.20 Å². The number of hydrogen-bond donors (Lipinski definition) is 1. The lowest BCUT2D eigenvalue weighted by Gasteiger charge is -2.24. The minimum Gasteiger partial charge on any atom is -0.396 e. The highest BCUT2D eigenvalue weighted by atomic mass is 16.3. The molecule has 1 aromatic rings. The van der Waals surface area contributed by atoms with E-state index in [1.807, 2.05) is 12.3 Å². The zero-order valence-corrected chi connectivity index (χ0v) is 9.13. The van der Waals surface area contributed by atoms with Crippen molar-refractivity contribution >= 4 is 0 Å². The van der Waals surface area contributed by atoms with Crippen LogP contribution in [-0.2, 0) is 0 Å². The van der Waals surface area contributed by atoms with E-state index in [1.165, 1.54) is 5.56 Å². The summed E-state index contributed by atoms with van der Waals surface area (Å²) in [4.78, 5) is 6.55. The number of aromatic nitrogens is 1. The molecule has 0 aromatic carbocycles. The van der Waals surface area contributed by atoms with Crippen LogP contribution in [0.3, 0.4) is 0 Å². The van der Waals surface area contributed by atoms with Crippen LogP contribution in [0.15, 0.2) is 24.5 Å². The van der Waals surface area contributed by atoms with E-state index in [0.29, 0.717) is 18.6 Å². The first kappa shape index (κ1) is 10.6. The van der Waals surface area contributed by atoms with Gasteiger partial charge >= 0.3 is 0 Å². The van der Waals surface area contributed by atoms with Crippen molar-refractivity contribution in [1.82, 2.24) is 9.88 Å². The first-order chi connectivity index (χ1) is 7.31. The first-order valence-corrected chi connectivity index (χ1v) is 5.56. The number of pyridine rings is 1. The van der Waals surface area contributed by atoms with Crippen molar-refractivity contribution in [3.63, 3.8) is 0 Å². The minimum absolute atomic E-state index is 0.316. The second-order valence-electron chi connectivity index (χ2n) is 4.29. The van der Waals surface area contributed by atoms with E-state index in [-0.39, 0.29) is 0 Å². The molecule has 2 atom stereocenters. The quantitative estimate of drug-likeness (QED) is 0.813. The maximum atomic E-state index is 9.10. The van der Waals surface area contributed by atoms with Crippen molar-refractivity contribution in [2.45, 2.75) is 19.4 Å². The van der Waals surface area contributed by atoms with Gasteiger partial charge in [0, 0.05) is 31.6 Å². The molecule has 1 aromatic heterocycles. The van der Waals surface area contributed by atoms with Gasteiger partial charge in [-0.05, 0) is 37.4 Å². The average molecular weight is 206 g/mol. The SMILES string of the molecule is CC(c1cccnc1)N1CCC(CO)C1. The molecule has 0 spiro atoms. The molecule has 1 aliphatic rings. The lowest BCUT2D eigenvalue weighted by molar-refractivity contribution is 0.204. The third-order valence-electron chi connectivity index (χ3n) is 3.29. The Balaban J connectivity index is 2.00. The summed E-state index contributed by atoms with van der Waals surface area (Å²) < 4.78 is 0. The lowest BCUT2D eigenvalue weighted by Crippen LogP contribution is -2.25. The lowest BCUT2D eigenvalue weighted by atomic mass is 10.1. The molecular weight excluding hydrogens is 188 g/mol. The Morgan fingerprint density at radius 3 is 3.13 bits per heavy atom. The monoisotopic (exact) mass is 206 g/mol. The van der Waals surface area contributed by atoms with Crippen molar-refractivity contribution in [2.75, 3.05) is 19.7 Å². The standard InChI is InChI=1S/C12H18N2O/c1-10(12-3-2-5-13-7-12)14-6-4-11(8-14)9-15/h2-3,5,7,10-11,15H,4,6,8-9H2,1H3. The molecule has 1 N–H and O–H groups in total. The Hall–Kier alpha value is -0.930. The molecule has 82 valence electrons. The van der Waals surface area contributed by atoms with Crippen LogP contribution in [0, 0.1) is 5.92 Å². The number of hydrogen-bond acceptors (Lipinski definition) is 3. The average Bonchev–Trinajstić information content (AvgIpc) is 2.78. The molecular formula is C12H18N2O. The van der Waals surface area contributed by atoms with Crippen LogP contribution >= 0.6 is 0 Å². The summed E-state index contributed by atoms with van der Waals surface area (Å²) in [6.45, 7) is 4.61. The van der Waals surface area contributed by atoms with E-state index in [0.717, 1.165) is 19.5 Å². The van der Waals surface area contributed by atoms with E-state index in [4.69, 9.17) is 5.11 Å². The Morgan fingerprint density at radius 2 is 2.53 bits per heavy atom. The molecule has 0 amide bonds. The summed E-state index contributed by atoms with van der Waals surface area (Å²) in [5, 5.41) is 9.10. The van der Waals surface area contributed by atoms with Crippen LogP contribution < -0.4 is 0 Å². The molecule has 2 heterocycles. The summed E-state index contributed by atoms with van der Waals surface area (Å²) in [5.74, 6) is 0.462. The predicted octanol–water partition coefficient (Wildman–Crippen LogP) is 1.46. The van der Waals surface area contributed by atoms with Crippen molar-refractivity contribution in [3.8, 4) is 0 Å². The third kappa shape index (κ3) is 2.36. The molecule has 0 bridgehead atoms. The molecule has 1 aliphatic heterocycles. The maximum absolute atomic E-state index is 9.10. The molecule has 0 saturated carbocycles. The molecule has 0 radical (unpaired) electrons. The van der Waals surface area contributed by atoms with Gasteiger partial charge in [0.15, 0.2) is 0 Å². The van der Waals surface area contributed by atoms with Gasteiger partial charge in [-0.2, -0.15) is 0 Å². The Kier molecular flexibility index (Phi) is 3.34. The molecule has 1 saturated heterocycles. The number of likely N-dealkylation sites (tertiary alicyclic amines) is 1.